The Balaban J connectivity index is 0.000000596. The zero-order valence-corrected chi connectivity index (χ0v) is 13.9. The Morgan fingerprint density at radius 1 is 1.04 bits per heavy atom. The van der Waals surface area contributed by atoms with Crippen molar-refractivity contribution in [2.45, 2.75) is 6.04 Å². The SMILES string of the molecule is NC1=c2ccccc2=CC(c2ccccn2)[N-]1.O=[N+]([O-])O.O=[N+]([O-])O.[Cu+]. The second-order valence-corrected chi connectivity index (χ2v) is 4.44. The Bertz CT molecular complexity index is 828. The average molecular weight is 412 g/mol. The molecule has 0 spiro atoms. The molecule has 0 saturated carbocycles. The summed E-state index contributed by atoms with van der Waals surface area (Å²) in [6, 6.07) is 13.7. The molecule has 1 aromatic heterocycles. The smallest absolute Gasteiger partial charge is 0.494 e. The fourth-order valence-electron chi connectivity index (χ4n) is 2.00. The molecular weight excluding hydrogens is 398 g/mol. The van der Waals surface area contributed by atoms with Gasteiger partial charge in [0.2, 0.25) is 0 Å². The van der Waals surface area contributed by atoms with Crippen molar-refractivity contribution in [3.63, 3.8) is 0 Å². The van der Waals surface area contributed by atoms with E-state index in [1.165, 1.54) is 0 Å². The molecule has 1 atom stereocenters. The molecule has 11 nitrogen and oxygen atoms in total. The van der Waals surface area contributed by atoms with Gasteiger partial charge in [-0.15, -0.1) is 20.2 Å². The van der Waals surface area contributed by atoms with Crippen LogP contribution in [0.4, 0.5) is 0 Å². The van der Waals surface area contributed by atoms with E-state index in [0.29, 0.717) is 5.82 Å². The normalized spacial score (nSPS) is 13.5. The van der Waals surface area contributed by atoms with Crippen molar-refractivity contribution in [3.8, 4) is 0 Å². The van der Waals surface area contributed by atoms with Crippen molar-refractivity contribution in [3.05, 3.63) is 90.3 Å². The Labute approximate surface area is 157 Å². The van der Waals surface area contributed by atoms with Gasteiger partial charge in [0.15, 0.2) is 0 Å². The third kappa shape index (κ3) is 7.95. The van der Waals surface area contributed by atoms with Gasteiger partial charge in [-0.2, -0.15) is 0 Å². The summed E-state index contributed by atoms with van der Waals surface area (Å²) in [5.74, 6) is 0.582. The van der Waals surface area contributed by atoms with Gasteiger partial charge in [0.05, 0.1) is 0 Å². The summed E-state index contributed by atoms with van der Waals surface area (Å²) < 4.78 is 0. The molecule has 3 rings (SSSR count). The molecule has 2 heterocycles. The van der Waals surface area contributed by atoms with Crippen LogP contribution in [0, 0.1) is 20.2 Å². The summed E-state index contributed by atoms with van der Waals surface area (Å²) in [4.78, 5) is 21.0. The van der Waals surface area contributed by atoms with Crippen LogP contribution in [0.5, 0.6) is 0 Å². The van der Waals surface area contributed by atoms with Crippen LogP contribution < -0.4 is 16.2 Å². The van der Waals surface area contributed by atoms with Gasteiger partial charge in [-0.25, -0.2) is 0 Å². The van der Waals surface area contributed by atoms with E-state index < -0.39 is 10.2 Å². The predicted molar refractivity (Wildman–Crippen MR) is 85.7 cm³/mol. The minimum atomic E-state index is -1.50. The first-order chi connectivity index (χ1) is 11.8. The van der Waals surface area contributed by atoms with Crippen LogP contribution in [0.1, 0.15) is 11.7 Å². The van der Waals surface area contributed by atoms with E-state index in [1.807, 2.05) is 42.5 Å². The zero-order chi connectivity index (χ0) is 18.8. The monoisotopic (exact) mass is 411 g/mol. The molecule has 4 N–H and O–H groups in total. The van der Waals surface area contributed by atoms with Crippen LogP contribution in [0.2, 0.25) is 0 Å². The largest absolute Gasteiger partial charge is 1.00 e. The predicted octanol–water partition coefficient (Wildman–Crippen LogP) is 0.317. The molecule has 1 aromatic carbocycles. The number of hydrogen-bond donors (Lipinski definition) is 3. The van der Waals surface area contributed by atoms with Gasteiger partial charge in [0, 0.05) is 17.9 Å². The molecule has 1 unspecified atom stereocenters. The fraction of sp³-hybridized carbons (Fsp3) is 0.0714. The first-order valence-electron chi connectivity index (χ1n) is 6.66. The van der Waals surface area contributed by atoms with Gasteiger partial charge in [0.25, 0.3) is 10.2 Å². The summed E-state index contributed by atoms with van der Waals surface area (Å²) >= 11 is 0. The van der Waals surface area contributed by atoms with Crippen LogP contribution in [0.15, 0.2) is 48.7 Å². The third-order valence-electron chi connectivity index (χ3n) is 2.84. The van der Waals surface area contributed by atoms with Gasteiger partial charge < -0.3 is 21.5 Å². The average Bonchev–Trinajstić information content (AvgIpc) is 2.55. The molecule has 26 heavy (non-hydrogen) atoms. The minimum Gasteiger partial charge on any atom is -0.494 e. The molecule has 1 aliphatic rings. The van der Waals surface area contributed by atoms with Crippen molar-refractivity contribution in [2.75, 3.05) is 0 Å². The number of nitrogens with two attached hydrogens (primary N) is 1. The maximum Gasteiger partial charge on any atom is 1.00 e. The molecule has 2 aromatic rings. The molecular formula is C14H14CuN5O6. The molecule has 1 aliphatic heterocycles. The van der Waals surface area contributed by atoms with Crippen molar-refractivity contribution >= 4 is 11.9 Å². The Morgan fingerprint density at radius 2 is 1.58 bits per heavy atom. The number of rotatable bonds is 1. The number of nitrogens with zero attached hydrogens (tertiary/aromatic N) is 4. The van der Waals surface area contributed by atoms with Gasteiger partial charge >= 0.3 is 17.1 Å². The van der Waals surface area contributed by atoms with Crippen molar-refractivity contribution in [1.82, 2.24) is 4.98 Å². The van der Waals surface area contributed by atoms with E-state index in [2.05, 4.69) is 16.4 Å². The second kappa shape index (κ2) is 11.2. The summed E-state index contributed by atoms with van der Waals surface area (Å²) in [6.45, 7) is 0. The van der Waals surface area contributed by atoms with Gasteiger partial charge in [-0.05, 0) is 22.6 Å². The molecule has 142 valence electrons. The third-order valence-corrected chi connectivity index (χ3v) is 2.84. The topological polar surface area (TPSA) is 180 Å². The van der Waals surface area contributed by atoms with Crippen LogP contribution >= 0.6 is 0 Å². The molecule has 0 amide bonds. The maximum absolute atomic E-state index is 8.36. The Morgan fingerprint density at radius 3 is 2.12 bits per heavy atom. The summed E-state index contributed by atoms with van der Waals surface area (Å²) in [7, 11) is 0. The standard InChI is InChI=1S/C14H12N3.Cu.2HNO3/c15-14-11-6-2-1-5-10(11)9-13(17-14)12-7-3-4-8-16-12;;2*2-1(3)4/h1-9,13H,15H2;;2*(H,2,3,4)/q-1;+1;;. The quantitative estimate of drug-likeness (QED) is 0.340. The van der Waals surface area contributed by atoms with E-state index in [-0.39, 0.29) is 23.1 Å². The summed E-state index contributed by atoms with van der Waals surface area (Å²) in [5, 5.41) is 33.9. The van der Waals surface area contributed by atoms with Gasteiger partial charge in [0.1, 0.15) is 0 Å². The van der Waals surface area contributed by atoms with E-state index in [9.17, 15) is 0 Å². The summed E-state index contributed by atoms with van der Waals surface area (Å²) in [6.07, 6.45) is 3.86. The van der Waals surface area contributed by atoms with Crippen LogP contribution in [-0.4, -0.2) is 25.6 Å². The minimum absolute atomic E-state index is 0. The van der Waals surface area contributed by atoms with Crippen molar-refractivity contribution < 1.29 is 37.7 Å². The van der Waals surface area contributed by atoms with Gasteiger partial charge in [-0.3, -0.25) is 4.98 Å². The van der Waals surface area contributed by atoms with Gasteiger partial charge in [-0.1, -0.05) is 42.2 Å². The second-order valence-electron chi connectivity index (χ2n) is 4.44. The van der Waals surface area contributed by atoms with E-state index in [4.69, 9.17) is 36.4 Å². The molecule has 0 fully saturated rings. The Kier molecular flexibility index (Phi) is 9.77. The number of benzene rings is 1. The molecule has 0 radical (unpaired) electrons. The maximum atomic E-state index is 8.36. The molecule has 12 heteroatoms. The Hall–Kier alpha value is -3.37. The van der Waals surface area contributed by atoms with E-state index >= 15 is 0 Å². The van der Waals surface area contributed by atoms with Crippen molar-refractivity contribution in [2.24, 2.45) is 5.73 Å². The van der Waals surface area contributed by atoms with E-state index in [1.54, 1.807) is 6.20 Å². The number of aromatic nitrogens is 1. The van der Waals surface area contributed by atoms with Crippen LogP contribution in [0.25, 0.3) is 17.2 Å². The number of fused-ring (bicyclic) bond motifs is 1. The number of hydrogen-bond acceptors (Lipinski definition) is 6. The summed E-state index contributed by atoms with van der Waals surface area (Å²) in [5.41, 5.74) is 6.90. The molecule has 0 bridgehead atoms. The molecule has 0 saturated heterocycles. The fourth-order valence-corrected chi connectivity index (χ4v) is 2.00. The first-order valence-corrected chi connectivity index (χ1v) is 6.66. The zero-order valence-electron chi connectivity index (χ0n) is 13.0. The number of pyridine rings is 1. The van der Waals surface area contributed by atoms with E-state index in [0.717, 1.165) is 16.1 Å². The van der Waals surface area contributed by atoms with Crippen LogP contribution in [-0.2, 0) is 17.1 Å². The first kappa shape index (κ1) is 22.6. The van der Waals surface area contributed by atoms with Crippen molar-refractivity contribution in [1.29, 1.82) is 0 Å². The van der Waals surface area contributed by atoms with Crippen LogP contribution in [0.3, 0.4) is 0 Å². The molecule has 0 aliphatic carbocycles.